The number of nitrogens with two attached hydrogens (primary N) is 1. The molecule has 0 saturated heterocycles. The highest BCUT2D eigenvalue weighted by Crippen LogP contribution is 2.30. The van der Waals surface area contributed by atoms with E-state index < -0.39 is 11.9 Å². The van der Waals surface area contributed by atoms with Gasteiger partial charge in [-0.3, -0.25) is 4.57 Å². The van der Waals surface area contributed by atoms with Crippen molar-refractivity contribution in [2.45, 2.75) is 18.3 Å². The fourth-order valence-corrected chi connectivity index (χ4v) is 3.32. The Bertz CT molecular complexity index is 1030. The van der Waals surface area contributed by atoms with Crippen molar-refractivity contribution in [1.82, 2.24) is 14.8 Å². The second kappa shape index (κ2) is 12.9. The third-order valence-corrected chi connectivity index (χ3v) is 4.97. The van der Waals surface area contributed by atoms with Crippen LogP contribution in [0.2, 0.25) is 0 Å². The highest BCUT2D eigenvalue weighted by molar-refractivity contribution is 7.99. The van der Waals surface area contributed by atoms with Crippen LogP contribution in [0.1, 0.15) is 5.82 Å². The molecule has 0 fully saturated rings. The zero-order chi connectivity index (χ0) is 23.3. The van der Waals surface area contributed by atoms with E-state index in [-0.39, 0.29) is 0 Å². The van der Waals surface area contributed by atoms with Gasteiger partial charge in [0.05, 0.1) is 0 Å². The minimum Gasteiger partial charge on any atom is -0.485 e. The van der Waals surface area contributed by atoms with E-state index in [0.717, 1.165) is 33.6 Å². The Labute approximate surface area is 189 Å². The quantitative estimate of drug-likeness (QED) is 0.252. The van der Waals surface area contributed by atoms with E-state index in [1.807, 2.05) is 47.0 Å². The molecule has 0 aliphatic rings. The van der Waals surface area contributed by atoms with Crippen molar-refractivity contribution >= 4 is 23.7 Å². The van der Waals surface area contributed by atoms with Crippen molar-refractivity contribution in [3.63, 3.8) is 0 Å². The average Bonchev–Trinajstić information content (AvgIpc) is 3.19. The number of hydrogen-bond acceptors (Lipinski definition) is 7. The molecule has 10 heteroatoms. The molecule has 2 aromatic carbocycles. The predicted molar refractivity (Wildman–Crippen MR) is 121 cm³/mol. The van der Waals surface area contributed by atoms with Gasteiger partial charge in [0.25, 0.3) is 0 Å². The number of carbonyl (C=O) groups is 2. The van der Waals surface area contributed by atoms with Crippen LogP contribution < -0.4 is 10.5 Å². The summed E-state index contributed by atoms with van der Waals surface area (Å²) in [6.07, 6.45) is 1.83. The molecular formula is C22H24N4O5S. The van der Waals surface area contributed by atoms with Crippen LogP contribution in [-0.2, 0) is 22.7 Å². The lowest BCUT2D eigenvalue weighted by atomic mass is 10.1. The van der Waals surface area contributed by atoms with Crippen molar-refractivity contribution in [3.05, 3.63) is 73.1 Å². The van der Waals surface area contributed by atoms with E-state index in [1.54, 1.807) is 11.8 Å². The maximum atomic E-state index is 9.10. The molecule has 3 rings (SSSR count). The number of carboxylic acids is 2. The third-order valence-electron chi connectivity index (χ3n) is 3.97. The Hall–Kier alpha value is -3.63. The van der Waals surface area contributed by atoms with E-state index in [4.69, 9.17) is 30.3 Å². The minimum atomic E-state index is -1.82. The smallest absolute Gasteiger partial charge is 0.414 e. The molecule has 168 valence electrons. The van der Waals surface area contributed by atoms with Crippen LogP contribution in [0.4, 0.5) is 0 Å². The molecule has 9 nitrogen and oxygen atoms in total. The number of allylic oxidation sites excluding steroid dienone is 1. The van der Waals surface area contributed by atoms with Gasteiger partial charge in [-0.25, -0.2) is 9.59 Å². The normalized spacial score (nSPS) is 10.0. The number of ether oxygens (including phenoxy) is 1. The van der Waals surface area contributed by atoms with E-state index in [9.17, 15) is 0 Å². The minimum absolute atomic E-state index is 0.341. The van der Waals surface area contributed by atoms with Gasteiger partial charge in [0, 0.05) is 24.4 Å². The molecule has 0 spiro atoms. The van der Waals surface area contributed by atoms with Gasteiger partial charge < -0.3 is 20.7 Å². The Kier molecular flexibility index (Phi) is 9.95. The summed E-state index contributed by atoms with van der Waals surface area (Å²) in [6, 6.07) is 18.2. The zero-order valence-corrected chi connectivity index (χ0v) is 18.1. The van der Waals surface area contributed by atoms with Crippen molar-refractivity contribution in [3.8, 4) is 16.9 Å². The molecule has 0 unspecified atom stereocenters. The lowest BCUT2D eigenvalue weighted by Crippen LogP contribution is -2.09. The number of carboxylic acid groups (broad SMARTS) is 2. The summed E-state index contributed by atoms with van der Waals surface area (Å²) in [7, 11) is 0. The summed E-state index contributed by atoms with van der Waals surface area (Å²) in [6.45, 7) is 5.40. The number of aromatic nitrogens is 3. The summed E-state index contributed by atoms with van der Waals surface area (Å²) in [5.41, 5.74) is 7.77. The van der Waals surface area contributed by atoms with Gasteiger partial charge >= 0.3 is 11.9 Å². The number of aliphatic carboxylic acids is 2. The van der Waals surface area contributed by atoms with E-state index in [2.05, 4.69) is 35.0 Å². The standard InChI is InChI=1S/C20H22N4OS.C2H2O4/c1-2-13-24-19(22-23-20(24)26-14-12-21)15-25-18-11-7-6-10-17(18)16-8-4-3-5-9-16;3-1(4)2(5)6/h2-11H,1,12-15,21H2;(H,3,4)(H,5,6). The van der Waals surface area contributed by atoms with Gasteiger partial charge in [0.2, 0.25) is 0 Å². The molecule has 32 heavy (non-hydrogen) atoms. The predicted octanol–water partition coefficient (Wildman–Crippen LogP) is 2.92. The molecule has 0 radical (unpaired) electrons. The van der Waals surface area contributed by atoms with Gasteiger partial charge in [0.15, 0.2) is 11.0 Å². The first-order chi connectivity index (χ1) is 15.5. The highest BCUT2D eigenvalue weighted by atomic mass is 32.2. The molecule has 0 atom stereocenters. The molecule has 0 aliphatic carbocycles. The number of para-hydroxylation sites is 1. The summed E-state index contributed by atoms with van der Waals surface area (Å²) in [5.74, 6) is -1.26. The van der Waals surface area contributed by atoms with E-state index in [1.165, 1.54) is 0 Å². The fourth-order valence-electron chi connectivity index (χ4n) is 2.59. The van der Waals surface area contributed by atoms with Crippen molar-refractivity contribution in [1.29, 1.82) is 0 Å². The molecule has 0 bridgehead atoms. The molecule has 1 aromatic heterocycles. The maximum Gasteiger partial charge on any atom is 0.414 e. The number of rotatable bonds is 9. The maximum absolute atomic E-state index is 9.10. The van der Waals surface area contributed by atoms with Crippen LogP contribution in [0, 0.1) is 0 Å². The number of nitrogens with zero attached hydrogens (tertiary/aromatic N) is 3. The van der Waals surface area contributed by atoms with Crippen molar-refractivity contribution < 1.29 is 24.5 Å². The van der Waals surface area contributed by atoms with Crippen LogP contribution in [0.25, 0.3) is 11.1 Å². The molecular weight excluding hydrogens is 432 g/mol. The second-order valence-corrected chi connectivity index (χ2v) is 7.26. The molecule has 0 aliphatic heterocycles. The van der Waals surface area contributed by atoms with Gasteiger partial charge in [-0.2, -0.15) is 0 Å². The third kappa shape index (κ3) is 7.25. The largest absolute Gasteiger partial charge is 0.485 e. The molecule has 0 saturated carbocycles. The van der Waals surface area contributed by atoms with E-state index >= 15 is 0 Å². The van der Waals surface area contributed by atoms with Crippen LogP contribution in [0.15, 0.2) is 72.4 Å². The Morgan fingerprint density at radius 2 is 1.72 bits per heavy atom. The first kappa shape index (κ1) is 24.6. The second-order valence-electron chi connectivity index (χ2n) is 6.20. The lowest BCUT2D eigenvalue weighted by molar-refractivity contribution is -0.159. The Balaban J connectivity index is 0.000000534. The fraction of sp³-hybridized carbons (Fsp3) is 0.182. The van der Waals surface area contributed by atoms with Crippen molar-refractivity contribution in [2.75, 3.05) is 12.3 Å². The summed E-state index contributed by atoms with van der Waals surface area (Å²) >= 11 is 1.59. The van der Waals surface area contributed by atoms with E-state index in [0.29, 0.717) is 19.7 Å². The number of thioether (sulfide) groups is 1. The van der Waals surface area contributed by atoms with Crippen LogP contribution in [0.5, 0.6) is 5.75 Å². The number of benzene rings is 2. The summed E-state index contributed by atoms with van der Waals surface area (Å²) in [4.78, 5) is 18.2. The molecule has 4 N–H and O–H groups in total. The average molecular weight is 457 g/mol. The first-order valence-corrected chi connectivity index (χ1v) is 10.6. The number of hydrogen-bond donors (Lipinski definition) is 3. The first-order valence-electron chi connectivity index (χ1n) is 9.57. The Morgan fingerprint density at radius 3 is 2.34 bits per heavy atom. The van der Waals surface area contributed by atoms with Crippen LogP contribution >= 0.6 is 11.8 Å². The zero-order valence-electron chi connectivity index (χ0n) is 17.3. The van der Waals surface area contributed by atoms with Crippen LogP contribution in [-0.4, -0.2) is 49.2 Å². The van der Waals surface area contributed by atoms with Crippen molar-refractivity contribution in [2.24, 2.45) is 5.73 Å². The summed E-state index contributed by atoms with van der Waals surface area (Å²) < 4.78 is 8.10. The molecule has 3 aromatic rings. The molecule has 1 heterocycles. The van der Waals surface area contributed by atoms with Crippen LogP contribution in [0.3, 0.4) is 0 Å². The lowest BCUT2D eigenvalue weighted by Gasteiger charge is -2.12. The monoisotopic (exact) mass is 456 g/mol. The highest BCUT2D eigenvalue weighted by Gasteiger charge is 2.13. The van der Waals surface area contributed by atoms with Gasteiger partial charge in [-0.05, 0) is 11.6 Å². The SMILES string of the molecule is C=CCn1c(COc2ccccc2-c2ccccc2)nnc1SCCN.O=C(O)C(=O)O. The topological polar surface area (TPSA) is 141 Å². The molecule has 0 amide bonds. The van der Waals surface area contributed by atoms with Gasteiger partial charge in [-0.1, -0.05) is 66.4 Å². The summed E-state index contributed by atoms with van der Waals surface area (Å²) in [5, 5.41) is 24.2. The van der Waals surface area contributed by atoms with Gasteiger partial charge in [0.1, 0.15) is 12.4 Å². The Morgan fingerprint density at radius 1 is 1.06 bits per heavy atom. The van der Waals surface area contributed by atoms with Gasteiger partial charge in [-0.15, -0.1) is 16.8 Å².